The first-order valence-electron chi connectivity index (χ1n) is 13.2. The van der Waals surface area contributed by atoms with Crippen LogP contribution in [0.2, 0.25) is 0 Å². The Kier molecular flexibility index (Phi) is 12.9. The third kappa shape index (κ3) is 11.6. The van der Waals surface area contributed by atoms with Crippen molar-refractivity contribution >= 4 is 17.8 Å². The molecule has 10 heteroatoms. The summed E-state index contributed by atoms with van der Waals surface area (Å²) in [5, 5.41) is 5.56. The molecule has 0 aliphatic rings. The second-order valence-electron chi connectivity index (χ2n) is 10.7. The number of nitrogens with one attached hydrogen (secondary N) is 2. The van der Waals surface area contributed by atoms with Crippen LogP contribution in [0.25, 0.3) is 0 Å². The Morgan fingerprint density at radius 1 is 1.02 bits per heavy atom. The van der Waals surface area contributed by atoms with Gasteiger partial charge in [-0.2, -0.15) is 0 Å². The van der Waals surface area contributed by atoms with Crippen molar-refractivity contribution in [1.82, 2.24) is 10.6 Å². The van der Waals surface area contributed by atoms with Crippen LogP contribution in [0.1, 0.15) is 44.2 Å². The van der Waals surface area contributed by atoms with Gasteiger partial charge in [-0.25, -0.2) is 8.78 Å². The lowest BCUT2D eigenvalue weighted by Crippen LogP contribution is -2.52. The van der Waals surface area contributed by atoms with Crippen molar-refractivity contribution < 1.29 is 27.9 Å². The fourth-order valence-electron chi connectivity index (χ4n) is 3.94. The molecular weight excluding hydrogens is 518 g/mol. The molecule has 0 heterocycles. The van der Waals surface area contributed by atoms with E-state index in [1.54, 1.807) is 6.08 Å². The summed E-state index contributed by atoms with van der Waals surface area (Å²) in [7, 11) is 0. The molecule has 0 fully saturated rings. The minimum Gasteiger partial charge on any atom is -0.451 e. The van der Waals surface area contributed by atoms with Gasteiger partial charge in [0.15, 0.2) is 6.10 Å². The summed E-state index contributed by atoms with van der Waals surface area (Å²) in [6.07, 6.45) is 1.12. The number of ether oxygens (including phenoxy) is 1. The Bertz CT molecular complexity index is 1140. The first-order chi connectivity index (χ1) is 18.9. The van der Waals surface area contributed by atoms with Crippen LogP contribution in [-0.4, -0.2) is 49.1 Å². The van der Waals surface area contributed by atoms with Gasteiger partial charge in [-0.3, -0.25) is 14.4 Å². The average Bonchev–Trinajstić information content (AvgIpc) is 2.90. The van der Waals surface area contributed by atoms with E-state index in [9.17, 15) is 23.2 Å². The topological polar surface area (TPSA) is 137 Å². The van der Waals surface area contributed by atoms with E-state index in [2.05, 4.69) is 17.2 Å². The number of benzene rings is 2. The van der Waals surface area contributed by atoms with Crippen LogP contribution in [0.5, 0.6) is 0 Å². The van der Waals surface area contributed by atoms with Gasteiger partial charge in [0.2, 0.25) is 5.91 Å². The molecule has 2 amide bonds. The highest BCUT2D eigenvalue weighted by Gasteiger charge is 2.31. The van der Waals surface area contributed by atoms with E-state index in [0.717, 1.165) is 23.8 Å². The zero-order valence-electron chi connectivity index (χ0n) is 23.1. The summed E-state index contributed by atoms with van der Waals surface area (Å²) in [5.74, 6) is -2.60. The smallest absolute Gasteiger partial charge is 0.306 e. The Balaban J connectivity index is 1.90. The Morgan fingerprint density at radius 3 is 2.38 bits per heavy atom. The lowest BCUT2D eigenvalue weighted by atomic mass is 9.92. The van der Waals surface area contributed by atoms with Crippen molar-refractivity contribution in [3.05, 3.63) is 83.9 Å². The van der Waals surface area contributed by atoms with Crippen molar-refractivity contribution in [1.29, 1.82) is 0 Å². The molecule has 0 radical (unpaired) electrons. The summed E-state index contributed by atoms with van der Waals surface area (Å²) >= 11 is 0. The standard InChI is InChI=1S/C30H40F2N4O4/c1-4-5-11-27(38)40-28(25(34)14-20-9-7-6-8-10-20)29(39)36-19-30(2,3)18-35-26(37)17-23(33)16-21-15-22(31)12-13-24(21)32/h4,6-10,12-13,15,23,25,28H,1,5,11,14,16-19,33-34H2,2-3H3,(H,35,37)(H,36,39). The molecule has 0 saturated carbocycles. The van der Waals surface area contributed by atoms with Gasteiger partial charge in [-0.1, -0.05) is 50.3 Å². The van der Waals surface area contributed by atoms with Crippen LogP contribution in [0.15, 0.2) is 61.2 Å². The molecule has 2 aromatic carbocycles. The molecule has 0 bridgehead atoms. The molecule has 3 atom stereocenters. The van der Waals surface area contributed by atoms with Gasteiger partial charge in [-0.15, -0.1) is 6.58 Å². The minimum atomic E-state index is -1.20. The predicted molar refractivity (Wildman–Crippen MR) is 150 cm³/mol. The number of esters is 1. The van der Waals surface area contributed by atoms with Gasteiger partial charge in [0.25, 0.3) is 5.91 Å². The number of carbonyl (C=O) groups is 3. The van der Waals surface area contributed by atoms with Gasteiger partial charge in [0.05, 0.1) is 6.04 Å². The van der Waals surface area contributed by atoms with E-state index in [1.165, 1.54) is 0 Å². The molecule has 0 spiro atoms. The molecular formula is C30H40F2N4O4. The second-order valence-corrected chi connectivity index (χ2v) is 10.7. The van der Waals surface area contributed by atoms with Gasteiger partial charge in [-0.05, 0) is 54.0 Å². The Hall–Kier alpha value is -3.63. The second kappa shape index (κ2) is 15.8. The third-order valence-electron chi connectivity index (χ3n) is 6.22. The van der Waals surface area contributed by atoms with Crippen LogP contribution in [-0.2, 0) is 32.0 Å². The fraction of sp³-hybridized carbons (Fsp3) is 0.433. The van der Waals surface area contributed by atoms with Gasteiger partial charge in [0, 0.05) is 32.0 Å². The number of allylic oxidation sites excluding steroid dienone is 1. The Labute approximate surface area is 234 Å². The molecule has 2 rings (SSSR count). The molecule has 0 aliphatic heterocycles. The predicted octanol–water partition coefficient (Wildman–Crippen LogP) is 2.93. The number of hydrogen-bond donors (Lipinski definition) is 4. The number of carbonyl (C=O) groups excluding carboxylic acids is 3. The average molecular weight is 559 g/mol. The molecule has 8 nitrogen and oxygen atoms in total. The van der Waals surface area contributed by atoms with Crippen LogP contribution in [0, 0.1) is 17.0 Å². The molecule has 40 heavy (non-hydrogen) atoms. The first kappa shape index (κ1) is 32.6. The summed E-state index contributed by atoms with van der Waals surface area (Å²) in [6.45, 7) is 7.62. The lowest BCUT2D eigenvalue weighted by molar-refractivity contribution is -0.157. The summed E-state index contributed by atoms with van der Waals surface area (Å²) in [5.41, 5.74) is 12.7. The maximum Gasteiger partial charge on any atom is 0.306 e. The lowest BCUT2D eigenvalue weighted by Gasteiger charge is -2.28. The number of amides is 2. The summed E-state index contributed by atoms with van der Waals surface area (Å²) in [6, 6.07) is 11.0. The highest BCUT2D eigenvalue weighted by molar-refractivity contribution is 5.84. The molecule has 6 N–H and O–H groups in total. The largest absolute Gasteiger partial charge is 0.451 e. The highest BCUT2D eigenvalue weighted by Crippen LogP contribution is 2.15. The van der Waals surface area contributed by atoms with Crippen molar-refractivity contribution in [3.8, 4) is 0 Å². The van der Waals surface area contributed by atoms with E-state index < -0.39 is 47.1 Å². The van der Waals surface area contributed by atoms with E-state index in [1.807, 2.05) is 44.2 Å². The summed E-state index contributed by atoms with van der Waals surface area (Å²) < 4.78 is 32.7. The molecule has 0 aliphatic carbocycles. The number of halogens is 2. The SMILES string of the molecule is C=CCCC(=O)OC(C(=O)NCC(C)(C)CNC(=O)CC(N)Cc1cc(F)ccc1F)C(N)Cc1ccccc1. The van der Waals surface area contributed by atoms with Gasteiger partial charge < -0.3 is 26.8 Å². The number of rotatable bonds is 16. The monoisotopic (exact) mass is 558 g/mol. The Morgan fingerprint density at radius 2 is 1.70 bits per heavy atom. The number of hydrogen-bond acceptors (Lipinski definition) is 6. The van der Waals surface area contributed by atoms with Crippen molar-refractivity contribution in [2.24, 2.45) is 16.9 Å². The van der Waals surface area contributed by atoms with Crippen molar-refractivity contribution in [3.63, 3.8) is 0 Å². The third-order valence-corrected chi connectivity index (χ3v) is 6.22. The van der Waals surface area contributed by atoms with Gasteiger partial charge >= 0.3 is 5.97 Å². The molecule has 0 saturated heterocycles. The molecule has 3 unspecified atom stereocenters. The van der Waals surface area contributed by atoms with E-state index in [0.29, 0.717) is 12.8 Å². The first-order valence-corrected chi connectivity index (χ1v) is 13.2. The van der Waals surface area contributed by atoms with Gasteiger partial charge in [0.1, 0.15) is 11.6 Å². The number of nitrogens with two attached hydrogens (primary N) is 2. The van der Waals surface area contributed by atoms with Crippen molar-refractivity contribution in [2.45, 2.75) is 64.1 Å². The quantitative estimate of drug-likeness (QED) is 0.185. The van der Waals surface area contributed by atoms with Crippen LogP contribution in [0.4, 0.5) is 8.78 Å². The zero-order valence-corrected chi connectivity index (χ0v) is 23.1. The maximum atomic E-state index is 13.9. The summed E-state index contributed by atoms with van der Waals surface area (Å²) in [4.78, 5) is 37.8. The zero-order chi connectivity index (χ0) is 29.7. The van der Waals surface area contributed by atoms with Crippen LogP contribution < -0.4 is 22.1 Å². The normalized spacial score (nSPS) is 13.6. The van der Waals surface area contributed by atoms with E-state index >= 15 is 0 Å². The molecule has 2 aromatic rings. The minimum absolute atomic E-state index is 0.00656. The highest BCUT2D eigenvalue weighted by atomic mass is 19.1. The fourth-order valence-corrected chi connectivity index (χ4v) is 3.94. The molecule has 0 aromatic heterocycles. The maximum absolute atomic E-state index is 13.9. The van der Waals surface area contributed by atoms with E-state index in [-0.39, 0.29) is 43.8 Å². The van der Waals surface area contributed by atoms with E-state index in [4.69, 9.17) is 16.2 Å². The molecule has 218 valence electrons. The van der Waals surface area contributed by atoms with Crippen LogP contribution >= 0.6 is 0 Å². The van der Waals surface area contributed by atoms with Crippen LogP contribution in [0.3, 0.4) is 0 Å². The van der Waals surface area contributed by atoms with Crippen molar-refractivity contribution in [2.75, 3.05) is 13.1 Å².